The lowest BCUT2D eigenvalue weighted by Gasteiger charge is -2.19. The van der Waals surface area contributed by atoms with Crippen molar-refractivity contribution >= 4 is 43.6 Å². The second-order valence-corrected chi connectivity index (χ2v) is 24.3. The molecule has 15 aromatic rings. The fourth-order valence-electron chi connectivity index (χ4n) is 13.7. The van der Waals surface area contributed by atoms with Gasteiger partial charge in [-0.3, -0.25) is 4.98 Å². The van der Waals surface area contributed by atoms with Gasteiger partial charge in [0.05, 0.1) is 27.8 Å². The quantitative estimate of drug-likeness (QED) is 0.137. The number of benzene rings is 11. The second kappa shape index (κ2) is 21.6. The summed E-state index contributed by atoms with van der Waals surface area (Å²) in [4.78, 5) is 21.0. The number of hydrogen-bond donors (Lipinski definition) is 0. The Morgan fingerprint density at radius 3 is 0.977 bits per heavy atom. The summed E-state index contributed by atoms with van der Waals surface area (Å²) in [5.41, 5.74) is 30.3. The fraction of sp³-hybridized carbons (Fsp3) is 0.0976. The standard InChI is InChI=1S/C82H64N6/c1-49-31-50(2)36-63(35-49)59-19-25-75-70(43-59)71-44-60(64-37-51(3)32-52(4)38-64)20-26-76(71)87(75)67-23-24-68(82-85-80(57-15-11-9-12-16-57)84-81(86-82)58-17-13-10-14-18-58)69(47-67)74-48-83-30-29-79(74)88-77-27-21-61(65-39-53(5)33-54(6)40-65)45-72(77)73-46-62(22-28-78(73)88)66-41-55(7)34-56(8)42-66/h9-48H,1-8H3. The van der Waals surface area contributed by atoms with E-state index in [2.05, 4.69) is 259 Å². The van der Waals surface area contributed by atoms with Crippen LogP contribution in [0.1, 0.15) is 44.5 Å². The Kier molecular flexibility index (Phi) is 13.2. The van der Waals surface area contributed by atoms with Crippen LogP contribution in [0.25, 0.3) is 145 Å². The average Bonchev–Trinajstić information content (AvgIpc) is 1.61. The summed E-state index contributed by atoms with van der Waals surface area (Å²) < 4.78 is 4.88. The highest BCUT2D eigenvalue weighted by atomic mass is 15.0. The molecule has 0 bridgehead atoms. The van der Waals surface area contributed by atoms with Gasteiger partial charge in [-0.2, -0.15) is 0 Å². The van der Waals surface area contributed by atoms with E-state index in [-0.39, 0.29) is 0 Å². The van der Waals surface area contributed by atoms with Crippen molar-refractivity contribution in [3.63, 3.8) is 0 Å². The van der Waals surface area contributed by atoms with E-state index < -0.39 is 0 Å². The van der Waals surface area contributed by atoms with Crippen LogP contribution in [-0.4, -0.2) is 29.1 Å². The van der Waals surface area contributed by atoms with Gasteiger partial charge >= 0.3 is 0 Å². The van der Waals surface area contributed by atoms with Gasteiger partial charge in [0.2, 0.25) is 0 Å². The van der Waals surface area contributed by atoms with E-state index in [1.54, 1.807) is 0 Å². The number of aromatic nitrogens is 6. The lowest BCUT2D eigenvalue weighted by atomic mass is 9.97. The number of aryl methyl sites for hydroxylation is 8. The molecule has 0 aliphatic heterocycles. The molecule has 88 heavy (non-hydrogen) atoms. The first-order valence-corrected chi connectivity index (χ1v) is 30.3. The number of hydrogen-bond acceptors (Lipinski definition) is 4. The van der Waals surface area contributed by atoms with E-state index in [4.69, 9.17) is 19.9 Å². The van der Waals surface area contributed by atoms with Crippen molar-refractivity contribution in [2.45, 2.75) is 55.4 Å². The zero-order chi connectivity index (χ0) is 59.9. The van der Waals surface area contributed by atoms with Crippen LogP contribution in [0.3, 0.4) is 0 Å². The molecule has 0 spiro atoms. The predicted octanol–water partition coefficient (Wildman–Crippen LogP) is 21.3. The number of fused-ring (bicyclic) bond motifs is 6. The largest absolute Gasteiger partial charge is 0.309 e. The maximum absolute atomic E-state index is 5.42. The first kappa shape index (κ1) is 53.9. The maximum Gasteiger partial charge on any atom is 0.164 e. The van der Waals surface area contributed by atoms with Gasteiger partial charge in [0.25, 0.3) is 0 Å². The molecule has 0 saturated heterocycles. The van der Waals surface area contributed by atoms with E-state index in [9.17, 15) is 0 Å². The molecule has 0 aliphatic carbocycles. The van der Waals surface area contributed by atoms with Crippen molar-refractivity contribution in [1.82, 2.24) is 29.1 Å². The second-order valence-electron chi connectivity index (χ2n) is 24.3. The van der Waals surface area contributed by atoms with Crippen LogP contribution >= 0.6 is 0 Å². The third-order valence-electron chi connectivity index (χ3n) is 17.3. The predicted molar refractivity (Wildman–Crippen MR) is 368 cm³/mol. The van der Waals surface area contributed by atoms with Crippen LogP contribution < -0.4 is 0 Å². The molecule has 0 fully saturated rings. The fourth-order valence-corrected chi connectivity index (χ4v) is 13.7. The molecule has 0 aliphatic rings. The van der Waals surface area contributed by atoms with Gasteiger partial charge in [0.1, 0.15) is 0 Å². The SMILES string of the molecule is Cc1cc(C)cc(-c2ccc3c(c2)c2cc(-c4cc(C)cc(C)c4)ccc2n3-c2ccc(-c3nc(-c4ccccc4)nc(-c4ccccc4)n3)c(-c3cnccc3-n3c4ccc(-c5cc(C)cc(C)c5)cc4c4cc(-c5cc(C)cc(C)c5)ccc43)c2)c1. The molecule has 0 atom stereocenters. The molecule has 6 heteroatoms. The van der Waals surface area contributed by atoms with Gasteiger partial charge in [-0.05, 0) is 178 Å². The van der Waals surface area contributed by atoms with Gasteiger partial charge in [-0.1, -0.05) is 202 Å². The highest BCUT2D eigenvalue weighted by Crippen LogP contribution is 2.45. The van der Waals surface area contributed by atoms with Crippen molar-refractivity contribution in [2.24, 2.45) is 0 Å². The minimum Gasteiger partial charge on any atom is -0.309 e. The minimum atomic E-state index is 0.556. The molecular formula is C82H64N6. The van der Waals surface area contributed by atoms with E-state index in [1.165, 1.54) is 99.8 Å². The number of nitrogens with zero attached hydrogens (tertiary/aromatic N) is 6. The summed E-state index contributed by atoms with van der Waals surface area (Å²) in [7, 11) is 0. The number of rotatable bonds is 10. The molecular weight excluding hydrogens is 1070 g/mol. The molecule has 0 radical (unpaired) electrons. The molecule has 6 nitrogen and oxygen atoms in total. The zero-order valence-corrected chi connectivity index (χ0v) is 50.8. The Labute approximate surface area is 513 Å². The Hall–Kier alpha value is -10.8. The third-order valence-corrected chi connectivity index (χ3v) is 17.3. The minimum absolute atomic E-state index is 0.556. The van der Waals surface area contributed by atoms with Crippen molar-refractivity contribution in [3.05, 3.63) is 287 Å². The van der Waals surface area contributed by atoms with E-state index in [0.717, 1.165) is 72.0 Å². The average molecular weight is 1130 g/mol. The maximum atomic E-state index is 5.42. The van der Waals surface area contributed by atoms with E-state index in [0.29, 0.717) is 17.5 Å². The highest BCUT2D eigenvalue weighted by Gasteiger charge is 2.24. The molecule has 11 aromatic carbocycles. The molecule has 0 unspecified atom stereocenters. The summed E-state index contributed by atoms with van der Waals surface area (Å²) in [6, 6.07) is 84.7. The van der Waals surface area contributed by atoms with Crippen LogP contribution in [0.15, 0.2) is 243 Å². The van der Waals surface area contributed by atoms with Crippen LogP contribution in [0.4, 0.5) is 0 Å². The lowest BCUT2D eigenvalue weighted by Crippen LogP contribution is -2.04. The van der Waals surface area contributed by atoms with Crippen molar-refractivity contribution in [3.8, 4) is 101 Å². The Bertz CT molecular complexity index is 4940. The van der Waals surface area contributed by atoms with Crippen molar-refractivity contribution < 1.29 is 0 Å². The summed E-state index contributed by atoms with van der Waals surface area (Å²) in [6.07, 6.45) is 3.95. The van der Waals surface area contributed by atoms with Crippen LogP contribution in [0, 0.1) is 55.4 Å². The van der Waals surface area contributed by atoms with Crippen LogP contribution in [0.2, 0.25) is 0 Å². The topological polar surface area (TPSA) is 61.4 Å². The molecule has 0 saturated carbocycles. The molecule has 4 aromatic heterocycles. The summed E-state index contributed by atoms with van der Waals surface area (Å²) in [5.74, 6) is 1.74. The summed E-state index contributed by atoms with van der Waals surface area (Å²) in [6.45, 7) is 17.5. The Balaban J connectivity index is 1.01. The normalized spacial score (nSPS) is 11.6. The van der Waals surface area contributed by atoms with Gasteiger partial charge in [-0.25, -0.2) is 15.0 Å². The monoisotopic (exact) mass is 1130 g/mol. The highest BCUT2D eigenvalue weighted by molar-refractivity contribution is 6.14. The molecule has 0 amide bonds. The van der Waals surface area contributed by atoms with Gasteiger partial charge < -0.3 is 9.13 Å². The Morgan fingerprint density at radius 2 is 0.602 bits per heavy atom. The summed E-state index contributed by atoms with van der Waals surface area (Å²) in [5, 5.41) is 4.68. The van der Waals surface area contributed by atoms with Crippen LogP contribution in [-0.2, 0) is 0 Å². The van der Waals surface area contributed by atoms with Gasteiger partial charge in [0, 0.05) is 61.9 Å². The van der Waals surface area contributed by atoms with Crippen molar-refractivity contribution in [1.29, 1.82) is 0 Å². The van der Waals surface area contributed by atoms with Gasteiger partial charge in [0.15, 0.2) is 17.5 Å². The van der Waals surface area contributed by atoms with Crippen molar-refractivity contribution in [2.75, 3.05) is 0 Å². The van der Waals surface area contributed by atoms with Gasteiger partial charge in [-0.15, -0.1) is 0 Å². The van der Waals surface area contributed by atoms with E-state index >= 15 is 0 Å². The first-order valence-electron chi connectivity index (χ1n) is 30.3. The molecule has 0 N–H and O–H groups in total. The Morgan fingerprint density at radius 1 is 0.250 bits per heavy atom. The molecule has 422 valence electrons. The smallest absolute Gasteiger partial charge is 0.164 e. The first-order chi connectivity index (χ1) is 42.8. The molecule has 15 rings (SSSR count). The lowest BCUT2D eigenvalue weighted by molar-refractivity contribution is 1.07. The van der Waals surface area contributed by atoms with E-state index in [1.807, 2.05) is 48.8 Å². The van der Waals surface area contributed by atoms with Crippen LogP contribution in [0.5, 0.6) is 0 Å². The summed E-state index contributed by atoms with van der Waals surface area (Å²) >= 11 is 0. The zero-order valence-electron chi connectivity index (χ0n) is 50.8. The number of pyridine rings is 1. The molecule has 4 heterocycles. The third kappa shape index (κ3) is 9.83.